The molecule has 0 unspecified atom stereocenters. The van der Waals surface area contributed by atoms with Gasteiger partial charge in [-0.15, -0.1) is 0 Å². The van der Waals surface area contributed by atoms with Crippen LogP contribution in [0.2, 0.25) is 0 Å². The van der Waals surface area contributed by atoms with Crippen molar-refractivity contribution in [3.63, 3.8) is 0 Å². The van der Waals surface area contributed by atoms with E-state index in [1.54, 1.807) is 0 Å². The average Bonchev–Trinajstić information content (AvgIpc) is 2.64. The van der Waals surface area contributed by atoms with Gasteiger partial charge in [0.25, 0.3) is 5.91 Å². The van der Waals surface area contributed by atoms with Gasteiger partial charge in [-0.3, -0.25) is 9.69 Å². The minimum atomic E-state index is -0.247. The number of aryl methyl sites for hydroxylation is 1. The highest BCUT2D eigenvalue weighted by Gasteiger charge is 2.27. The van der Waals surface area contributed by atoms with E-state index in [0.29, 0.717) is 26.2 Å². The van der Waals surface area contributed by atoms with E-state index in [4.69, 9.17) is 0 Å². The van der Waals surface area contributed by atoms with E-state index in [-0.39, 0.29) is 11.9 Å². The highest BCUT2D eigenvalue weighted by Crippen LogP contribution is 2.22. The van der Waals surface area contributed by atoms with E-state index in [2.05, 4.69) is 11.0 Å². The molecule has 0 radical (unpaired) electrons. The number of benzene rings is 2. The number of rotatable bonds is 3. The van der Waals surface area contributed by atoms with Crippen molar-refractivity contribution in [3.8, 4) is 6.07 Å². The zero-order valence-corrected chi connectivity index (χ0v) is 13.9. The molecular formula is C20H21N3O. The molecule has 0 aliphatic carbocycles. The predicted octanol–water partition coefficient (Wildman–Crippen LogP) is 3.02. The molecule has 1 atom stereocenters. The van der Waals surface area contributed by atoms with Crippen LogP contribution in [-0.4, -0.2) is 41.9 Å². The first-order chi connectivity index (χ1) is 11.7. The number of carbonyl (C=O) groups excluding carboxylic acids is 1. The zero-order valence-electron chi connectivity index (χ0n) is 13.9. The second-order valence-corrected chi connectivity index (χ2v) is 6.14. The molecule has 0 aromatic heterocycles. The fourth-order valence-corrected chi connectivity index (χ4v) is 3.06. The molecule has 0 bridgehead atoms. The summed E-state index contributed by atoms with van der Waals surface area (Å²) in [7, 11) is 0. The van der Waals surface area contributed by atoms with E-state index in [0.717, 1.165) is 16.7 Å². The summed E-state index contributed by atoms with van der Waals surface area (Å²) in [6.45, 7) is 4.74. The molecule has 1 aliphatic rings. The van der Waals surface area contributed by atoms with E-state index < -0.39 is 0 Å². The van der Waals surface area contributed by atoms with Gasteiger partial charge in [-0.05, 0) is 24.6 Å². The molecule has 1 fully saturated rings. The largest absolute Gasteiger partial charge is 0.336 e. The lowest BCUT2D eigenvalue weighted by Gasteiger charge is -2.37. The lowest BCUT2D eigenvalue weighted by molar-refractivity contribution is 0.0606. The Morgan fingerprint density at radius 3 is 2.21 bits per heavy atom. The maximum atomic E-state index is 12.6. The van der Waals surface area contributed by atoms with Gasteiger partial charge in [0, 0.05) is 31.7 Å². The molecular weight excluding hydrogens is 298 g/mol. The number of nitrogens with zero attached hydrogens (tertiary/aromatic N) is 3. The lowest BCUT2D eigenvalue weighted by Crippen LogP contribution is -2.49. The molecule has 0 spiro atoms. The Hall–Kier alpha value is -2.64. The smallest absolute Gasteiger partial charge is 0.253 e. The summed E-state index contributed by atoms with van der Waals surface area (Å²) in [4.78, 5) is 16.6. The first kappa shape index (κ1) is 16.2. The predicted molar refractivity (Wildman–Crippen MR) is 93.5 cm³/mol. The minimum Gasteiger partial charge on any atom is -0.336 e. The number of carbonyl (C=O) groups is 1. The van der Waals surface area contributed by atoms with Crippen molar-refractivity contribution in [2.45, 2.75) is 13.0 Å². The number of amides is 1. The fourth-order valence-electron chi connectivity index (χ4n) is 3.06. The van der Waals surface area contributed by atoms with Crippen molar-refractivity contribution in [2.75, 3.05) is 26.2 Å². The van der Waals surface area contributed by atoms with Crippen LogP contribution in [0.5, 0.6) is 0 Å². The maximum Gasteiger partial charge on any atom is 0.253 e. The number of piperazine rings is 1. The standard InChI is InChI=1S/C20H21N3O/c1-16-7-9-18(10-8-16)20(24)23-13-11-22(12-14-23)19(15-21)17-5-3-2-4-6-17/h2-10,19H,11-14H2,1H3/t19-/m0/s1. The normalized spacial score (nSPS) is 16.4. The van der Waals surface area contributed by atoms with E-state index in [1.807, 2.05) is 66.4 Å². The molecule has 1 amide bonds. The van der Waals surface area contributed by atoms with Crippen LogP contribution in [0.25, 0.3) is 0 Å². The van der Waals surface area contributed by atoms with Gasteiger partial charge in [0.05, 0.1) is 6.07 Å². The van der Waals surface area contributed by atoms with Gasteiger partial charge >= 0.3 is 0 Å². The fraction of sp³-hybridized carbons (Fsp3) is 0.300. The van der Waals surface area contributed by atoms with Crippen LogP contribution in [0.1, 0.15) is 27.5 Å². The highest BCUT2D eigenvalue weighted by atomic mass is 16.2. The molecule has 2 aromatic carbocycles. The van der Waals surface area contributed by atoms with E-state index in [9.17, 15) is 10.1 Å². The Morgan fingerprint density at radius 2 is 1.62 bits per heavy atom. The second kappa shape index (κ2) is 7.29. The molecule has 122 valence electrons. The Bertz CT molecular complexity index is 726. The Kier molecular flexibility index (Phi) is 4.93. The monoisotopic (exact) mass is 319 g/mol. The van der Waals surface area contributed by atoms with Gasteiger partial charge < -0.3 is 4.90 Å². The third-order valence-electron chi connectivity index (χ3n) is 4.50. The first-order valence-corrected chi connectivity index (χ1v) is 8.23. The number of hydrogen-bond donors (Lipinski definition) is 0. The molecule has 4 nitrogen and oxygen atoms in total. The molecule has 4 heteroatoms. The Labute approximate surface area is 142 Å². The van der Waals surface area contributed by atoms with Crippen molar-refractivity contribution >= 4 is 5.91 Å². The third kappa shape index (κ3) is 3.47. The number of nitriles is 1. The van der Waals surface area contributed by atoms with Crippen LogP contribution in [0.15, 0.2) is 54.6 Å². The van der Waals surface area contributed by atoms with Crippen LogP contribution < -0.4 is 0 Å². The summed E-state index contributed by atoms with van der Waals surface area (Å²) >= 11 is 0. The van der Waals surface area contributed by atoms with Crippen molar-refractivity contribution < 1.29 is 4.79 Å². The highest BCUT2D eigenvalue weighted by molar-refractivity contribution is 5.94. The third-order valence-corrected chi connectivity index (χ3v) is 4.50. The van der Waals surface area contributed by atoms with Crippen molar-refractivity contribution in [2.24, 2.45) is 0 Å². The zero-order chi connectivity index (χ0) is 16.9. The summed E-state index contributed by atoms with van der Waals surface area (Å²) in [6, 6.07) is 19.7. The van der Waals surface area contributed by atoms with Crippen LogP contribution in [-0.2, 0) is 0 Å². The molecule has 0 N–H and O–H groups in total. The molecule has 0 saturated carbocycles. The summed E-state index contributed by atoms with van der Waals surface area (Å²) in [5.41, 5.74) is 2.89. The van der Waals surface area contributed by atoms with Crippen LogP contribution >= 0.6 is 0 Å². The van der Waals surface area contributed by atoms with Gasteiger partial charge in [-0.1, -0.05) is 48.0 Å². The maximum absolute atomic E-state index is 12.6. The number of hydrogen-bond acceptors (Lipinski definition) is 3. The van der Waals surface area contributed by atoms with Gasteiger partial charge in [-0.2, -0.15) is 5.26 Å². The quantitative estimate of drug-likeness (QED) is 0.874. The topological polar surface area (TPSA) is 47.3 Å². The van der Waals surface area contributed by atoms with Gasteiger partial charge in [0.1, 0.15) is 6.04 Å². The van der Waals surface area contributed by atoms with E-state index >= 15 is 0 Å². The lowest BCUT2D eigenvalue weighted by atomic mass is 10.1. The van der Waals surface area contributed by atoms with Crippen LogP contribution in [0, 0.1) is 18.3 Å². The van der Waals surface area contributed by atoms with Gasteiger partial charge in [-0.25, -0.2) is 0 Å². The Balaban J connectivity index is 1.64. The SMILES string of the molecule is Cc1ccc(C(=O)N2CCN([C@@H](C#N)c3ccccc3)CC2)cc1. The second-order valence-electron chi connectivity index (χ2n) is 6.14. The van der Waals surface area contributed by atoms with Gasteiger partial charge in [0.15, 0.2) is 0 Å². The molecule has 1 saturated heterocycles. The molecule has 1 aliphatic heterocycles. The minimum absolute atomic E-state index is 0.0721. The van der Waals surface area contributed by atoms with Crippen molar-refractivity contribution in [1.29, 1.82) is 5.26 Å². The summed E-state index contributed by atoms with van der Waals surface area (Å²) < 4.78 is 0. The summed E-state index contributed by atoms with van der Waals surface area (Å²) in [6.07, 6.45) is 0. The van der Waals surface area contributed by atoms with Gasteiger partial charge in [0.2, 0.25) is 0 Å². The molecule has 3 rings (SSSR count). The Morgan fingerprint density at radius 1 is 1.00 bits per heavy atom. The van der Waals surface area contributed by atoms with Crippen molar-refractivity contribution in [1.82, 2.24) is 9.80 Å². The molecule has 24 heavy (non-hydrogen) atoms. The van der Waals surface area contributed by atoms with E-state index in [1.165, 1.54) is 0 Å². The summed E-state index contributed by atoms with van der Waals surface area (Å²) in [5, 5.41) is 9.54. The molecule has 1 heterocycles. The van der Waals surface area contributed by atoms with Crippen LogP contribution in [0.3, 0.4) is 0 Å². The van der Waals surface area contributed by atoms with Crippen molar-refractivity contribution in [3.05, 3.63) is 71.3 Å². The van der Waals surface area contributed by atoms with Crippen LogP contribution in [0.4, 0.5) is 0 Å². The molecule has 2 aromatic rings. The first-order valence-electron chi connectivity index (χ1n) is 8.23. The average molecular weight is 319 g/mol. The summed E-state index contributed by atoms with van der Waals surface area (Å²) in [5.74, 6) is 0.0721.